The van der Waals surface area contributed by atoms with E-state index in [1.54, 1.807) is 0 Å². The molecule has 0 aromatic heterocycles. The number of aliphatic hydroxyl groups excluding tert-OH is 1. The van der Waals surface area contributed by atoms with Crippen LogP contribution in [0.4, 0.5) is 0 Å². The molecule has 3 heteroatoms. The van der Waals surface area contributed by atoms with Crippen molar-refractivity contribution in [3.63, 3.8) is 0 Å². The zero-order valence-corrected chi connectivity index (χ0v) is 10.9. The molecular weight excluding hydrogens is 214 g/mol. The third kappa shape index (κ3) is 4.36. The zero-order valence-electron chi connectivity index (χ0n) is 10.9. The summed E-state index contributed by atoms with van der Waals surface area (Å²) < 4.78 is 5.76. The summed E-state index contributed by atoms with van der Waals surface area (Å²) in [5.74, 6) is 0.785. The Kier molecular flexibility index (Phi) is 5.45. The molecule has 0 saturated heterocycles. The monoisotopic (exact) mass is 237 g/mol. The van der Waals surface area contributed by atoms with Gasteiger partial charge in [0.25, 0.3) is 0 Å². The number of aliphatic hydroxyl groups is 1. The molecule has 3 N–H and O–H groups in total. The van der Waals surface area contributed by atoms with E-state index in [-0.39, 0.29) is 18.8 Å². The van der Waals surface area contributed by atoms with Gasteiger partial charge in [-0.25, -0.2) is 0 Å². The lowest BCUT2D eigenvalue weighted by Crippen LogP contribution is -2.41. The summed E-state index contributed by atoms with van der Waals surface area (Å²) in [6.07, 6.45) is 1.53. The minimum atomic E-state index is -0.323. The first-order valence-electron chi connectivity index (χ1n) is 6.18. The van der Waals surface area contributed by atoms with Gasteiger partial charge in [0.15, 0.2) is 0 Å². The fourth-order valence-corrected chi connectivity index (χ4v) is 1.96. The SMILES string of the molecule is CCCC(N)C(CO)Oc1cc(C)cc(C)c1. The molecule has 1 aromatic carbocycles. The van der Waals surface area contributed by atoms with Crippen molar-refractivity contribution in [2.24, 2.45) is 5.73 Å². The summed E-state index contributed by atoms with van der Waals surface area (Å²) in [7, 11) is 0. The Labute approximate surface area is 104 Å². The average molecular weight is 237 g/mol. The molecular formula is C14H23NO2. The van der Waals surface area contributed by atoms with Crippen LogP contribution >= 0.6 is 0 Å². The lowest BCUT2D eigenvalue weighted by molar-refractivity contribution is 0.0916. The predicted octanol–water partition coefficient (Wildman–Crippen LogP) is 2.17. The van der Waals surface area contributed by atoms with E-state index in [9.17, 15) is 5.11 Å². The summed E-state index contributed by atoms with van der Waals surface area (Å²) in [5.41, 5.74) is 8.28. The maximum atomic E-state index is 9.32. The van der Waals surface area contributed by atoms with Crippen molar-refractivity contribution < 1.29 is 9.84 Å². The maximum Gasteiger partial charge on any atom is 0.137 e. The topological polar surface area (TPSA) is 55.5 Å². The van der Waals surface area contributed by atoms with Crippen LogP contribution in [0.15, 0.2) is 18.2 Å². The normalized spacial score (nSPS) is 14.4. The Morgan fingerprint density at radius 1 is 1.24 bits per heavy atom. The van der Waals surface area contributed by atoms with Crippen LogP contribution in [0.5, 0.6) is 5.75 Å². The van der Waals surface area contributed by atoms with Crippen LogP contribution in [-0.2, 0) is 0 Å². The molecule has 17 heavy (non-hydrogen) atoms. The van der Waals surface area contributed by atoms with Crippen LogP contribution in [0.3, 0.4) is 0 Å². The number of rotatable bonds is 6. The van der Waals surface area contributed by atoms with Gasteiger partial charge in [-0.3, -0.25) is 0 Å². The molecule has 0 heterocycles. The first-order valence-corrected chi connectivity index (χ1v) is 6.18. The van der Waals surface area contributed by atoms with Crippen molar-refractivity contribution in [3.05, 3.63) is 29.3 Å². The number of ether oxygens (including phenoxy) is 1. The lowest BCUT2D eigenvalue weighted by atomic mass is 10.1. The lowest BCUT2D eigenvalue weighted by Gasteiger charge is -2.23. The molecule has 0 fully saturated rings. The van der Waals surface area contributed by atoms with Gasteiger partial charge in [0, 0.05) is 6.04 Å². The molecule has 2 unspecified atom stereocenters. The van der Waals surface area contributed by atoms with Crippen molar-refractivity contribution >= 4 is 0 Å². The molecule has 96 valence electrons. The third-order valence-electron chi connectivity index (χ3n) is 2.76. The zero-order chi connectivity index (χ0) is 12.8. The van der Waals surface area contributed by atoms with Gasteiger partial charge in [-0.1, -0.05) is 19.4 Å². The molecule has 1 rings (SSSR count). The van der Waals surface area contributed by atoms with Crippen LogP contribution in [0.25, 0.3) is 0 Å². The van der Waals surface area contributed by atoms with E-state index >= 15 is 0 Å². The highest BCUT2D eigenvalue weighted by Crippen LogP contribution is 2.18. The van der Waals surface area contributed by atoms with Crippen LogP contribution in [0, 0.1) is 13.8 Å². The van der Waals surface area contributed by atoms with Gasteiger partial charge in [-0.15, -0.1) is 0 Å². The second-order valence-electron chi connectivity index (χ2n) is 4.61. The number of benzene rings is 1. The van der Waals surface area contributed by atoms with E-state index in [0.29, 0.717) is 0 Å². The second-order valence-corrected chi connectivity index (χ2v) is 4.61. The Bertz CT molecular complexity index is 332. The largest absolute Gasteiger partial charge is 0.486 e. The standard InChI is InChI=1S/C14H23NO2/c1-4-5-13(15)14(9-16)17-12-7-10(2)6-11(3)8-12/h6-8,13-14,16H,4-5,9,15H2,1-3H3. The number of hydrogen-bond acceptors (Lipinski definition) is 3. The Morgan fingerprint density at radius 2 is 1.82 bits per heavy atom. The van der Waals surface area contributed by atoms with Crippen molar-refractivity contribution in [1.82, 2.24) is 0 Å². The summed E-state index contributed by atoms with van der Waals surface area (Å²) in [4.78, 5) is 0. The Hall–Kier alpha value is -1.06. The van der Waals surface area contributed by atoms with Crippen LogP contribution in [0.2, 0.25) is 0 Å². The molecule has 2 atom stereocenters. The maximum absolute atomic E-state index is 9.32. The molecule has 0 spiro atoms. The smallest absolute Gasteiger partial charge is 0.137 e. The Balaban J connectivity index is 2.73. The van der Waals surface area contributed by atoms with E-state index in [0.717, 1.165) is 29.7 Å². The van der Waals surface area contributed by atoms with Gasteiger partial charge in [0.1, 0.15) is 11.9 Å². The molecule has 0 aliphatic heterocycles. The minimum absolute atomic E-state index is 0.0475. The Morgan fingerprint density at radius 3 is 2.29 bits per heavy atom. The molecule has 0 aliphatic rings. The summed E-state index contributed by atoms with van der Waals surface area (Å²) in [6.45, 7) is 6.08. The van der Waals surface area contributed by atoms with E-state index in [1.807, 2.05) is 26.0 Å². The van der Waals surface area contributed by atoms with Gasteiger partial charge < -0.3 is 15.6 Å². The summed E-state index contributed by atoms with van der Waals surface area (Å²) in [6, 6.07) is 5.90. The van der Waals surface area contributed by atoms with Crippen molar-refractivity contribution in [1.29, 1.82) is 0 Å². The number of hydrogen-bond donors (Lipinski definition) is 2. The number of nitrogens with two attached hydrogens (primary N) is 1. The van der Waals surface area contributed by atoms with Crippen LogP contribution < -0.4 is 10.5 Å². The highest BCUT2D eigenvalue weighted by atomic mass is 16.5. The first kappa shape index (κ1) is 14.0. The molecule has 0 amide bonds. The van der Waals surface area contributed by atoms with Crippen molar-refractivity contribution in [2.45, 2.75) is 45.8 Å². The van der Waals surface area contributed by atoms with Gasteiger partial charge in [0.2, 0.25) is 0 Å². The van der Waals surface area contributed by atoms with Crippen LogP contribution in [0.1, 0.15) is 30.9 Å². The van der Waals surface area contributed by atoms with E-state index < -0.39 is 0 Å². The summed E-state index contributed by atoms with van der Waals surface area (Å²) >= 11 is 0. The minimum Gasteiger partial charge on any atom is -0.486 e. The van der Waals surface area contributed by atoms with Crippen molar-refractivity contribution in [3.8, 4) is 5.75 Å². The highest BCUT2D eigenvalue weighted by molar-refractivity contribution is 5.33. The summed E-state index contributed by atoms with van der Waals surface area (Å²) in [5, 5.41) is 9.32. The molecule has 0 radical (unpaired) electrons. The van der Waals surface area contributed by atoms with Gasteiger partial charge in [0.05, 0.1) is 6.61 Å². The quantitative estimate of drug-likeness (QED) is 0.797. The average Bonchev–Trinajstić information content (AvgIpc) is 2.24. The van der Waals surface area contributed by atoms with Gasteiger partial charge in [-0.05, 0) is 43.5 Å². The fourth-order valence-electron chi connectivity index (χ4n) is 1.96. The van der Waals surface area contributed by atoms with E-state index in [2.05, 4.69) is 13.0 Å². The molecule has 0 bridgehead atoms. The molecule has 3 nitrogen and oxygen atoms in total. The van der Waals surface area contributed by atoms with E-state index in [1.165, 1.54) is 0 Å². The van der Waals surface area contributed by atoms with Gasteiger partial charge >= 0.3 is 0 Å². The van der Waals surface area contributed by atoms with Crippen LogP contribution in [-0.4, -0.2) is 23.9 Å². The second kappa shape index (κ2) is 6.62. The molecule has 1 aromatic rings. The highest BCUT2D eigenvalue weighted by Gasteiger charge is 2.18. The molecule has 0 aliphatic carbocycles. The predicted molar refractivity (Wildman–Crippen MR) is 70.3 cm³/mol. The fraction of sp³-hybridized carbons (Fsp3) is 0.571. The number of aryl methyl sites for hydroxylation is 2. The van der Waals surface area contributed by atoms with Crippen molar-refractivity contribution in [2.75, 3.05) is 6.61 Å². The van der Waals surface area contributed by atoms with Gasteiger partial charge in [-0.2, -0.15) is 0 Å². The van der Waals surface area contributed by atoms with E-state index in [4.69, 9.17) is 10.5 Å². The molecule has 0 saturated carbocycles. The first-order chi connectivity index (χ1) is 8.06. The third-order valence-corrected chi connectivity index (χ3v) is 2.76.